The van der Waals surface area contributed by atoms with Crippen molar-refractivity contribution < 1.29 is 212 Å². The Bertz CT molecular complexity index is 2860. The molecule has 8 saturated heterocycles. The Morgan fingerprint density at radius 3 is 1.33 bits per heavy atom. The van der Waals surface area contributed by atoms with Crippen LogP contribution in [-0.2, 0) is 95.0 Å². The topological polar surface area (TPSA) is 737 Å². The van der Waals surface area contributed by atoms with Gasteiger partial charge in [-0.15, -0.1) is 0 Å². The minimum atomic E-state index is -3.25. The van der Waals surface area contributed by atoms with Crippen LogP contribution in [0.1, 0.15) is 41.0 Å². The maximum absolute atomic E-state index is 13.1. The third-order valence-electron chi connectivity index (χ3n) is 19.2. The maximum atomic E-state index is 13.1. The number of nitrogens with one attached hydrogen (secondary N) is 4. The molecule has 612 valence electrons. The zero-order valence-electron chi connectivity index (χ0n) is 57.2. The summed E-state index contributed by atoms with van der Waals surface area (Å²) in [5.41, 5.74) is 0. The fourth-order valence-corrected chi connectivity index (χ4v) is 13.5. The number of ether oxygens (including phenoxy) is 15. The van der Waals surface area contributed by atoms with Gasteiger partial charge in [-0.25, -0.2) is 4.79 Å². The summed E-state index contributed by atoms with van der Waals surface area (Å²) in [5, 5.41) is 262. The van der Waals surface area contributed by atoms with Crippen molar-refractivity contribution >= 4 is 29.6 Å². The van der Waals surface area contributed by atoms with Crippen LogP contribution in [-0.4, -0.2) is 444 Å². The Morgan fingerprint density at radius 1 is 0.406 bits per heavy atom. The van der Waals surface area contributed by atoms with Gasteiger partial charge < -0.3 is 210 Å². The fourth-order valence-electron chi connectivity index (χ4n) is 13.5. The predicted molar refractivity (Wildman–Crippen MR) is 327 cm³/mol. The molecule has 47 nitrogen and oxygen atoms in total. The second-order valence-electron chi connectivity index (χ2n) is 26.8. The van der Waals surface area contributed by atoms with Gasteiger partial charge >= 0.3 is 5.97 Å². The lowest BCUT2D eigenvalue weighted by Gasteiger charge is -2.51. The van der Waals surface area contributed by atoms with Crippen LogP contribution < -0.4 is 21.3 Å². The number of hydrogen-bond acceptors (Lipinski definition) is 42. The first-order valence-corrected chi connectivity index (χ1v) is 33.6. The molecule has 8 rings (SSSR count). The number of aliphatic carboxylic acids is 1. The monoisotopic (exact) mass is 1550 g/mol. The van der Waals surface area contributed by atoms with Crippen molar-refractivity contribution in [3.8, 4) is 0 Å². The first-order valence-electron chi connectivity index (χ1n) is 33.6. The summed E-state index contributed by atoms with van der Waals surface area (Å²) in [4.78, 5) is 63.2. The first kappa shape index (κ1) is 87.4. The molecular weight excluding hydrogens is 1450 g/mol. The van der Waals surface area contributed by atoms with E-state index in [4.69, 9.17) is 71.1 Å². The van der Waals surface area contributed by atoms with Gasteiger partial charge in [-0.3, -0.25) is 19.2 Å². The molecule has 27 N–H and O–H groups in total. The molecule has 0 saturated carbocycles. The number of aliphatic hydroxyl groups excluding tert-OH is 22. The Kier molecular flexibility index (Phi) is 30.9. The van der Waals surface area contributed by atoms with E-state index in [9.17, 15) is 141 Å². The fraction of sp³-hybridized carbons (Fsp3) is 0.915. The predicted octanol–water partition coefficient (Wildman–Crippen LogP) is -17.6. The van der Waals surface area contributed by atoms with Gasteiger partial charge in [-0.1, -0.05) is 0 Å². The van der Waals surface area contributed by atoms with Crippen LogP contribution >= 0.6 is 0 Å². The number of carboxylic acid groups (broad SMARTS) is 1. The molecule has 0 unspecified atom stereocenters. The molecule has 0 aromatic rings. The van der Waals surface area contributed by atoms with Gasteiger partial charge in [0.25, 0.3) is 5.79 Å². The Balaban J connectivity index is 0.987. The molecule has 4 amide bonds. The van der Waals surface area contributed by atoms with Crippen molar-refractivity contribution in [1.82, 2.24) is 21.3 Å². The molecule has 8 heterocycles. The maximum Gasteiger partial charge on any atom is 0.364 e. The van der Waals surface area contributed by atoms with E-state index in [0.29, 0.717) is 0 Å². The summed E-state index contributed by atoms with van der Waals surface area (Å²) < 4.78 is 87.4. The zero-order chi connectivity index (χ0) is 78.6. The van der Waals surface area contributed by atoms with Crippen LogP contribution in [0.2, 0.25) is 0 Å². The second-order valence-corrected chi connectivity index (χ2v) is 26.8. The SMILES string of the molecule is CC(=O)N[C@@H]1[C@@H](O)[C@H](O[C@@H]2O[C@H](CO)[C@@H](O[C@@H]3O[C@H](CO[C@@H]4O[C@H](CO)[C@@H](O)[C@H](O)[C@@H]4O[C@@H]4O[C@H](CO)[C@@H](O[C@@H]5O[C@H](CO)[C@H](O)[C@H](O[C@]6(C(=O)O)C[C@H](O)[C@@H](NC(C)=O)[C@H]([C@H](O)[C@H](O)CO)O6)[C@H]5O)[C@H](O)[C@H]4NC(C)=O)[C@@H](O)[C@H](O)[C@@H]3O)[C@H](O)[C@H]2NC(C)=O)[C@@H](CO[C@H]2O[C@@H](C)[C@@H](O)[C@@H](O)[C@@H]2O)O[C@H]1O. The molecule has 8 fully saturated rings. The average Bonchev–Trinajstić information content (AvgIpc) is 0.749. The van der Waals surface area contributed by atoms with Crippen LogP contribution in [0, 0.1) is 0 Å². The highest BCUT2D eigenvalue weighted by molar-refractivity contribution is 5.77. The van der Waals surface area contributed by atoms with Crippen LogP contribution in [0.5, 0.6) is 0 Å². The Hall–Kier alpha value is -4.13. The minimum absolute atomic E-state index is 0.773. The van der Waals surface area contributed by atoms with Crippen molar-refractivity contribution in [1.29, 1.82) is 0 Å². The normalized spacial score (nSPS) is 47.2. The van der Waals surface area contributed by atoms with Gasteiger partial charge in [-0.05, 0) is 6.92 Å². The highest BCUT2D eigenvalue weighted by atomic mass is 16.8. The van der Waals surface area contributed by atoms with Gasteiger partial charge in [0, 0.05) is 34.1 Å². The minimum Gasteiger partial charge on any atom is -0.477 e. The average molecular weight is 1550 g/mol. The second kappa shape index (κ2) is 37.5. The lowest BCUT2D eigenvalue weighted by atomic mass is 9.88. The summed E-state index contributed by atoms with van der Waals surface area (Å²) in [6.07, 6.45) is -74.0. The summed E-state index contributed by atoms with van der Waals surface area (Å²) in [6.45, 7) is -2.30. The quantitative estimate of drug-likeness (QED) is 0.0346. The lowest BCUT2D eigenvalue weighted by Crippen LogP contribution is -2.71. The Morgan fingerprint density at radius 2 is 0.811 bits per heavy atom. The molecule has 8 aliphatic rings. The highest BCUT2D eigenvalue weighted by Crippen LogP contribution is 2.41. The number of rotatable bonds is 28. The van der Waals surface area contributed by atoms with E-state index < -0.39 is 333 Å². The van der Waals surface area contributed by atoms with Crippen LogP contribution in [0.25, 0.3) is 0 Å². The van der Waals surface area contributed by atoms with E-state index in [2.05, 4.69) is 21.3 Å². The van der Waals surface area contributed by atoms with E-state index in [-0.39, 0.29) is 0 Å². The summed E-state index contributed by atoms with van der Waals surface area (Å²) in [6, 6.07) is -7.18. The van der Waals surface area contributed by atoms with Crippen molar-refractivity contribution in [2.45, 2.75) is 292 Å². The number of aliphatic hydroxyl groups is 22. The molecule has 0 aromatic heterocycles. The standard InChI is InChI=1S/C59H98N4O43/c1-14-31(75)39(83)42(86)54(94-14)92-13-26-47(36(80)28(51(89)95-26)61-16(3)70)101-52-29(62-17(4)71)37(81)45(23(10-67)98-52)102-55-43(87)40(84)34(78)25(100-55)12-93-57-50(41(85)33(77)21(8-65)97-57)104-53-30(63-18(5)72)38(82)46(24(11-68)99-53)103-56-44(88)49(35(79)22(9-66)96-56)106-59(58(90)91)6-19(73)27(60-15(2)69)48(105-59)32(76)20(74)7-64/h14,19-57,64-68,73-89H,6-13H2,1-5H3,(H,60,69)(H,61,70)(H,62,71)(H,63,72)(H,90,91)/t14-,19-,20+,21+,22+,23+,24+,25+,26+,27+,28+,29+,30+,31+,32+,33+,34+,35-,36+,37+,38+,39+,40-,41-,42-,43-,44+,45+,46+,47+,48+,49-,50-,51+,52-,53-,54-,55-,56-,57+,59-/m0/s1. The number of carboxylic acids is 1. The van der Waals surface area contributed by atoms with E-state index in [1.54, 1.807) is 0 Å². The van der Waals surface area contributed by atoms with Gasteiger partial charge in [0.2, 0.25) is 23.6 Å². The van der Waals surface area contributed by atoms with E-state index in [1.807, 2.05) is 0 Å². The molecule has 0 bridgehead atoms. The molecule has 0 aromatic carbocycles. The van der Waals surface area contributed by atoms with Gasteiger partial charge in [0.15, 0.2) is 44.0 Å². The van der Waals surface area contributed by atoms with Gasteiger partial charge in [0.1, 0.15) is 183 Å². The van der Waals surface area contributed by atoms with Crippen molar-refractivity contribution in [2.75, 3.05) is 46.2 Å². The molecule has 8 aliphatic heterocycles. The van der Waals surface area contributed by atoms with Gasteiger partial charge in [0.05, 0.1) is 64.5 Å². The van der Waals surface area contributed by atoms with E-state index in [1.165, 1.54) is 6.92 Å². The molecule has 41 atom stereocenters. The molecule has 47 heteroatoms. The summed E-state index contributed by atoms with van der Waals surface area (Å²) in [5.74, 6) is -8.86. The third-order valence-corrected chi connectivity index (χ3v) is 19.2. The molecule has 0 aliphatic carbocycles. The smallest absolute Gasteiger partial charge is 0.364 e. The van der Waals surface area contributed by atoms with Crippen molar-refractivity contribution in [3.05, 3.63) is 0 Å². The molecule has 0 radical (unpaired) electrons. The highest BCUT2D eigenvalue weighted by Gasteiger charge is 2.62. The van der Waals surface area contributed by atoms with Crippen LogP contribution in [0.3, 0.4) is 0 Å². The number of amides is 4. The van der Waals surface area contributed by atoms with Crippen molar-refractivity contribution in [3.63, 3.8) is 0 Å². The largest absolute Gasteiger partial charge is 0.477 e. The molecule has 106 heavy (non-hydrogen) atoms. The summed E-state index contributed by atoms with van der Waals surface area (Å²) in [7, 11) is 0. The van der Waals surface area contributed by atoms with Gasteiger partial charge in [-0.2, -0.15) is 0 Å². The number of carbonyl (C=O) groups is 5. The van der Waals surface area contributed by atoms with E-state index in [0.717, 1.165) is 27.7 Å². The third kappa shape index (κ3) is 19.3. The number of carbonyl (C=O) groups excluding carboxylic acids is 4. The van der Waals surface area contributed by atoms with Crippen molar-refractivity contribution in [2.24, 2.45) is 0 Å². The zero-order valence-corrected chi connectivity index (χ0v) is 57.2. The van der Waals surface area contributed by atoms with Crippen LogP contribution in [0.4, 0.5) is 0 Å². The first-order chi connectivity index (χ1) is 49.9. The lowest BCUT2D eigenvalue weighted by molar-refractivity contribution is -0.390. The molecule has 0 spiro atoms. The summed E-state index contributed by atoms with van der Waals surface area (Å²) >= 11 is 0. The molecular formula is C59H98N4O43. The van der Waals surface area contributed by atoms with E-state index >= 15 is 0 Å². The number of hydrogen-bond donors (Lipinski definition) is 27. The van der Waals surface area contributed by atoms with Crippen LogP contribution in [0.15, 0.2) is 0 Å². The Labute approximate surface area is 600 Å².